The Bertz CT molecular complexity index is 928. The first-order valence-electron chi connectivity index (χ1n) is 14.0. The fraction of sp³-hybridized carbons (Fsp3) is 0.600. The minimum Gasteiger partial charge on any atom is -0.506 e. The van der Waals surface area contributed by atoms with Crippen molar-refractivity contribution in [3.05, 3.63) is 53.6 Å². The summed E-state index contributed by atoms with van der Waals surface area (Å²) >= 11 is 0. The molecule has 218 valence electrons. The van der Waals surface area contributed by atoms with Gasteiger partial charge in [0.25, 0.3) is 0 Å². The Morgan fingerprint density at radius 2 is 1.56 bits per heavy atom. The fourth-order valence-electron chi connectivity index (χ4n) is 4.70. The predicted octanol–water partition coefficient (Wildman–Crippen LogP) is 3.69. The fourth-order valence-corrected chi connectivity index (χ4v) is 4.70. The van der Waals surface area contributed by atoms with Crippen molar-refractivity contribution in [1.82, 2.24) is 5.32 Å². The van der Waals surface area contributed by atoms with Crippen LogP contribution in [0.4, 0.5) is 5.69 Å². The molecule has 1 aliphatic rings. The highest BCUT2D eigenvalue weighted by Crippen LogP contribution is 2.32. The van der Waals surface area contributed by atoms with E-state index in [2.05, 4.69) is 22.8 Å². The monoisotopic (exact) mass is 546 g/mol. The summed E-state index contributed by atoms with van der Waals surface area (Å²) in [7, 11) is 3.39. The van der Waals surface area contributed by atoms with Crippen molar-refractivity contribution in [3.8, 4) is 11.5 Å². The largest absolute Gasteiger partial charge is 0.506 e. The Labute approximate surface area is 232 Å². The second-order valence-corrected chi connectivity index (χ2v) is 9.76. The van der Waals surface area contributed by atoms with E-state index >= 15 is 0 Å². The third-order valence-corrected chi connectivity index (χ3v) is 6.77. The average Bonchev–Trinajstić information content (AvgIpc) is 2.96. The molecule has 9 heteroatoms. The Morgan fingerprint density at radius 3 is 2.31 bits per heavy atom. The van der Waals surface area contributed by atoms with Crippen LogP contribution in [0.15, 0.2) is 42.5 Å². The van der Waals surface area contributed by atoms with Crippen molar-refractivity contribution in [3.63, 3.8) is 0 Å². The number of aliphatic hydroxyl groups is 1. The number of rotatable bonds is 19. The summed E-state index contributed by atoms with van der Waals surface area (Å²) in [6, 6.07) is 13.7. The Morgan fingerprint density at radius 1 is 0.846 bits per heavy atom. The number of anilines is 1. The molecular weight excluding hydrogens is 500 g/mol. The molecule has 2 aromatic carbocycles. The SMILES string of the molecule is COCCCCOc1ccc(C2[C@@H](OCc3ccc(O)c(NCCCOC)c3)CNC[C@H]2OCCCO)cc1. The van der Waals surface area contributed by atoms with Crippen molar-refractivity contribution in [2.75, 3.05) is 72.2 Å². The number of hydrogen-bond acceptors (Lipinski definition) is 9. The molecule has 0 aliphatic carbocycles. The van der Waals surface area contributed by atoms with E-state index < -0.39 is 0 Å². The van der Waals surface area contributed by atoms with Crippen LogP contribution < -0.4 is 15.4 Å². The zero-order valence-electron chi connectivity index (χ0n) is 23.4. The number of piperidine rings is 1. The molecule has 4 N–H and O–H groups in total. The molecule has 2 aromatic rings. The molecule has 0 amide bonds. The summed E-state index contributed by atoms with van der Waals surface area (Å²) in [5, 5.41) is 26.2. The zero-order chi connectivity index (χ0) is 27.7. The summed E-state index contributed by atoms with van der Waals surface area (Å²) in [6.07, 6.45) is 3.16. The number of phenolic OH excluding ortho intramolecular Hbond substituents is 1. The van der Waals surface area contributed by atoms with Gasteiger partial charge >= 0.3 is 0 Å². The van der Waals surface area contributed by atoms with Gasteiger partial charge in [-0.25, -0.2) is 0 Å². The molecule has 1 fully saturated rings. The minimum atomic E-state index is -0.120. The van der Waals surface area contributed by atoms with E-state index in [1.165, 1.54) is 0 Å². The van der Waals surface area contributed by atoms with E-state index in [0.29, 0.717) is 58.2 Å². The van der Waals surface area contributed by atoms with Gasteiger partial charge in [0.15, 0.2) is 0 Å². The lowest BCUT2D eigenvalue weighted by atomic mass is 9.85. The van der Waals surface area contributed by atoms with Crippen LogP contribution in [0, 0.1) is 0 Å². The van der Waals surface area contributed by atoms with Gasteiger partial charge in [0.1, 0.15) is 11.5 Å². The van der Waals surface area contributed by atoms with Crippen LogP contribution in [-0.4, -0.2) is 89.3 Å². The van der Waals surface area contributed by atoms with Crippen LogP contribution in [0.2, 0.25) is 0 Å². The number of phenols is 1. The summed E-state index contributed by atoms with van der Waals surface area (Å²) in [5.74, 6) is 1.08. The van der Waals surface area contributed by atoms with E-state index in [0.717, 1.165) is 42.7 Å². The van der Waals surface area contributed by atoms with Crippen LogP contribution in [0.3, 0.4) is 0 Å². The van der Waals surface area contributed by atoms with E-state index in [1.54, 1.807) is 20.3 Å². The second kappa shape index (κ2) is 18.0. The predicted molar refractivity (Wildman–Crippen MR) is 152 cm³/mol. The van der Waals surface area contributed by atoms with E-state index in [1.807, 2.05) is 24.3 Å². The molecule has 1 aliphatic heterocycles. The first-order chi connectivity index (χ1) is 19.2. The van der Waals surface area contributed by atoms with Crippen molar-refractivity contribution >= 4 is 5.69 Å². The summed E-state index contributed by atoms with van der Waals surface area (Å²) in [5.41, 5.74) is 2.79. The molecule has 3 rings (SSSR count). The Kier molecular flexibility index (Phi) is 14.4. The molecule has 9 nitrogen and oxygen atoms in total. The highest BCUT2D eigenvalue weighted by Gasteiger charge is 2.36. The first-order valence-corrected chi connectivity index (χ1v) is 14.0. The molecule has 0 bridgehead atoms. The van der Waals surface area contributed by atoms with Gasteiger partial charge in [-0.1, -0.05) is 18.2 Å². The molecule has 1 unspecified atom stereocenters. The number of aromatic hydroxyl groups is 1. The van der Waals surface area contributed by atoms with Crippen LogP contribution >= 0.6 is 0 Å². The Hall–Kier alpha value is -2.40. The number of nitrogens with one attached hydrogen (secondary N) is 2. The second-order valence-electron chi connectivity index (χ2n) is 9.76. The van der Waals surface area contributed by atoms with Crippen LogP contribution in [0.1, 0.15) is 42.7 Å². The third-order valence-electron chi connectivity index (χ3n) is 6.77. The van der Waals surface area contributed by atoms with Gasteiger partial charge in [0, 0.05) is 66.2 Å². The lowest BCUT2D eigenvalue weighted by molar-refractivity contribution is -0.0616. The topological polar surface area (TPSA) is 111 Å². The van der Waals surface area contributed by atoms with E-state index in [4.69, 9.17) is 23.7 Å². The molecule has 0 radical (unpaired) electrons. The van der Waals surface area contributed by atoms with Gasteiger partial charge in [-0.05, 0) is 61.1 Å². The molecule has 1 saturated heterocycles. The highest BCUT2D eigenvalue weighted by atomic mass is 16.5. The van der Waals surface area contributed by atoms with Crippen molar-refractivity contribution in [1.29, 1.82) is 0 Å². The van der Waals surface area contributed by atoms with E-state index in [-0.39, 0.29) is 30.5 Å². The van der Waals surface area contributed by atoms with Gasteiger partial charge in [-0.2, -0.15) is 0 Å². The number of hydrogen-bond donors (Lipinski definition) is 4. The maximum atomic E-state index is 10.3. The molecule has 0 saturated carbocycles. The quantitative estimate of drug-likeness (QED) is 0.155. The molecule has 39 heavy (non-hydrogen) atoms. The number of aliphatic hydroxyl groups excluding tert-OH is 1. The maximum Gasteiger partial charge on any atom is 0.138 e. The zero-order valence-corrected chi connectivity index (χ0v) is 23.4. The summed E-state index contributed by atoms with van der Waals surface area (Å²) < 4.78 is 28.8. The first kappa shape index (κ1) is 31.1. The molecule has 0 spiro atoms. The van der Waals surface area contributed by atoms with Crippen LogP contribution in [0.25, 0.3) is 0 Å². The van der Waals surface area contributed by atoms with Gasteiger partial charge in [0.2, 0.25) is 0 Å². The van der Waals surface area contributed by atoms with Gasteiger partial charge < -0.3 is 44.5 Å². The molecular formula is C30H46N2O7. The normalized spacial score (nSPS) is 19.2. The van der Waals surface area contributed by atoms with Gasteiger partial charge in [-0.15, -0.1) is 0 Å². The number of unbranched alkanes of at least 4 members (excludes halogenated alkanes) is 1. The highest BCUT2D eigenvalue weighted by molar-refractivity contribution is 5.57. The van der Waals surface area contributed by atoms with Crippen LogP contribution in [-0.2, 0) is 25.6 Å². The number of ether oxygens (including phenoxy) is 5. The molecule has 1 heterocycles. The molecule has 0 aromatic heterocycles. The van der Waals surface area contributed by atoms with Gasteiger partial charge in [0.05, 0.1) is 31.1 Å². The van der Waals surface area contributed by atoms with Crippen molar-refractivity contribution in [2.24, 2.45) is 0 Å². The number of benzene rings is 2. The maximum absolute atomic E-state index is 10.3. The van der Waals surface area contributed by atoms with Crippen molar-refractivity contribution < 1.29 is 33.9 Å². The number of methoxy groups -OCH3 is 2. The average molecular weight is 547 g/mol. The third kappa shape index (κ3) is 10.6. The standard InChI is InChI=1S/C30H46N2O7/c1-35-15-3-4-17-37-25-10-8-24(9-11-25)30-28(38-18-6-14-33)20-31-21-29(30)39-22-23-7-12-27(34)26(19-23)32-13-5-16-36-2/h7-12,19,28-34H,3-6,13-18,20-22H2,1-2H3/t28-,29+,30?/m1/s1. The lowest BCUT2D eigenvalue weighted by Crippen LogP contribution is -2.50. The van der Waals surface area contributed by atoms with Crippen LogP contribution in [0.5, 0.6) is 11.5 Å². The lowest BCUT2D eigenvalue weighted by Gasteiger charge is -2.39. The van der Waals surface area contributed by atoms with Gasteiger partial charge in [-0.3, -0.25) is 0 Å². The Balaban J connectivity index is 1.66. The molecule has 3 atom stereocenters. The van der Waals surface area contributed by atoms with E-state index in [9.17, 15) is 10.2 Å². The smallest absolute Gasteiger partial charge is 0.138 e. The summed E-state index contributed by atoms with van der Waals surface area (Å²) in [6.45, 7) is 5.18. The van der Waals surface area contributed by atoms with Crippen molar-refractivity contribution in [2.45, 2.75) is 50.4 Å². The minimum absolute atomic E-state index is 0.0180. The summed E-state index contributed by atoms with van der Waals surface area (Å²) in [4.78, 5) is 0.